The maximum Gasteiger partial charge on any atom is 0.261 e. The van der Waals surface area contributed by atoms with Gasteiger partial charge in [0, 0.05) is 6.07 Å². The van der Waals surface area contributed by atoms with Gasteiger partial charge in [0.15, 0.2) is 0 Å². The molecule has 2 rings (SSSR count). The summed E-state index contributed by atoms with van der Waals surface area (Å²) in [6, 6.07) is 11.0. The molecule has 0 saturated carbocycles. The van der Waals surface area contributed by atoms with Gasteiger partial charge in [0.05, 0.1) is 5.57 Å². The summed E-state index contributed by atoms with van der Waals surface area (Å²) in [5.41, 5.74) is 2.85. The van der Waals surface area contributed by atoms with Crippen LogP contribution in [0, 0.1) is 19.7 Å². The largest absolute Gasteiger partial charge is 0.464 e. The first kappa shape index (κ1) is 16.4. The van der Waals surface area contributed by atoms with Crippen molar-refractivity contribution in [3.63, 3.8) is 0 Å². The second-order valence-corrected chi connectivity index (χ2v) is 5.00. The van der Waals surface area contributed by atoms with Crippen molar-refractivity contribution in [3.8, 4) is 5.75 Å². The minimum Gasteiger partial charge on any atom is -0.464 e. The Labute approximate surface area is 133 Å². The Morgan fingerprint density at radius 3 is 2.57 bits per heavy atom. The quantitative estimate of drug-likeness (QED) is 0.524. The number of halogens is 1. The number of ether oxygens (including phenoxy) is 1. The van der Waals surface area contributed by atoms with Gasteiger partial charge in [-0.05, 0) is 42.7 Å². The predicted octanol–water partition coefficient (Wildman–Crippen LogP) is 3.14. The zero-order valence-electron chi connectivity index (χ0n) is 12.8. The molecule has 1 N–H and O–H groups in total. The van der Waals surface area contributed by atoms with Crippen molar-refractivity contribution in [1.29, 1.82) is 0 Å². The van der Waals surface area contributed by atoms with Crippen LogP contribution in [0.15, 0.2) is 48.7 Å². The van der Waals surface area contributed by atoms with Crippen molar-refractivity contribution >= 4 is 17.9 Å². The lowest BCUT2D eigenvalue weighted by Gasteiger charge is -2.09. The zero-order chi connectivity index (χ0) is 16.8. The van der Waals surface area contributed by atoms with E-state index in [0.29, 0.717) is 12.0 Å². The lowest BCUT2D eigenvalue weighted by atomic mass is 10.0. The lowest BCUT2D eigenvalue weighted by molar-refractivity contribution is -0.121. The summed E-state index contributed by atoms with van der Waals surface area (Å²) in [4.78, 5) is 22.6. The van der Waals surface area contributed by atoms with E-state index < -0.39 is 11.7 Å². The Hall–Kier alpha value is -2.95. The maximum absolute atomic E-state index is 13.2. The summed E-state index contributed by atoms with van der Waals surface area (Å²) >= 11 is 0. The molecule has 4 nitrogen and oxygen atoms in total. The molecule has 0 atom stereocenters. The fourth-order valence-electron chi connectivity index (χ4n) is 1.96. The van der Waals surface area contributed by atoms with Gasteiger partial charge in [0.1, 0.15) is 17.8 Å². The van der Waals surface area contributed by atoms with Gasteiger partial charge >= 0.3 is 0 Å². The lowest BCUT2D eigenvalue weighted by Crippen LogP contribution is -2.22. The van der Waals surface area contributed by atoms with Crippen molar-refractivity contribution < 1.29 is 18.7 Å². The van der Waals surface area contributed by atoms with Crippen molar-refractivity contribution in [2.24, 2.45) is 0 Å². The smallest absolute Gasteiger partial charge is 0.261 e. The average Bonchev–Trinajstić information content (AvgIpc) is 2.51. The molecule has 0 heterocycles. The second-order valence-electron chi connectivity index (χ2n) is 5.00. The Morgan fingerprint density at radius 1 is 1.13 bits per heavy atom. The summed E-state index contributed by atoms with van der Waals surface area (Å²) in [7, 11) is 0. The topological polar surface area (TPSA) is 55.4 Å². The first-order valence-corrected chi connectivity index (χ1v) is 6.96. The number of amides is 2. The number of imide groups is 1. The number of nitrogens with one attached hydrogen (secondary N) is 1. The fourth-order valence-corrected chi connectivity index (χ4v) is 1.96. The van der Waals surface area contributed by atoms with E-state index >= 15 is 0 Å². The van der Waals surface area contributed by atoms with Gasteiger partial charge in [-0.25, -0.2) is 4.39 Å². The SMILES string of the molecule is Cc1ccc(/C(=C/Oc2cccc(F)c2)C(=O)NC=O)cc1C. The maximum atomic E-state index is 13.2. The monoisotopic (exact) mass is 313 g/mol. The van der Waals surface area contributed by atoms with E-state index in [9.17, 15) is 14.0 Å². The average molecular weight is 313 g/mol. The molecule has 0 bridgehead atoms. The van der Waals surface area contributed by atoms with Crippen molar-refractivity contribution in [2.45, 2.75) is 13.8 Å². The van der Waals surface area contributed by atoms with Gasteiger partial charge in [-0.1, -0.05) is 24.3 Å². The molecule has 0 saturated heterocycles. The molecule has 0 aliphatic heterocycles. The van der Waals surface area contributed by atoms with Gasteiger partial charge < -0.3 is 4.74 Å². The summed E-state index contributed by atoms with van der Waals surface area (Å²) in [6.07, 6.45) is 1.51. The molecule has 0 radical (unpaired) electrons. The summed E-state index contributed by atoms with van der Waals surface area (Å²) in [5, 5.41) is 2.08. The molecule has 2 aromatic carbocycles. The first-order chi connectivity index (χ1) is 11.0. The molecule has 0 unspecified atom stereocenters. The van der Waals surface area contributed by atoms with Gasteiger partial charge in [-0.15, -0.1) is 0 Å². The highest BCUT2D eigenvalue weighted by molar-refractivity contribution is 6.21. The minimum absolute atomic E-state index is 0.171. The van der Waals surface area contributed by atoms with E-state index in [0.717, 1.165) is 11.1 Å². The van der Waals surface area contributed by atoms with Crippen LogP contribution < -0.4 is 10.1 Å². The highest BCUT2D eigenvalue weighted by Gasteiger charge is 2.13. The molecule has 23 heavy (non-hydrogen) atoms. The van der Waals surface area contributed by atoms with Gasteiger partial charge in [0.25, 0.3) is 5.91 Å². The van der Waals surface area contributed by atoms with Crippen LogP contribution in [0.1, 0.15) is 16.7 Å². The molecule has 118 valence electrons. The molecular formula is C18H16FNO3. The van der Waals surface area contributed by atoms with Crippen LogP contribution in [-0.2, 0) is 9.59 Å². The van der Waals surface area contributed by atoms with Gasteiger partial charge in [0.2, 0.25) is 6.41 Å². The van der Waals surface area contributed by atoms with E-state index in [1.54, 1.807) is 12.1 Å². The Kier molecular flexibility index (Phi) is 5.25. The number of carbonyl (C=O) groups is 2. The van der Waals surface area contributed by atoms with E-state index in [2.05, 4.69) is 5.32 Å². The summed E-state index contributed by atoms with van der Waals surface area (Å²) < 4.78 is 18.5. The Balaban J connectivity index is 2.36. The van der Waals surface area contributed by atoms with Crippen LogP contribution in [0.5, 0.6) is 5.75 Å². The van der Waals surface area contributed by atoms with Crippen LogP contribution >= 0.6 is 0 Å². The number of aryl methyl sites for hydroxylation is 2. The van der Waals surface area contributed by atoms with E-state index in [4.69, 9.17) is 4.74 Å². The number of rotatable bonds is 5. The third-order valence-electron chi connectivity index (χ3n) is 3.36. The molecule has 0 spiro atoms. The molecule has 0 aliphatic rings. The molecular weight excluding hydrogens is 297 g/mol. The van der Waals surface area contributed by atoms with E-state index in [1.165, 1.54) is 24.5 Å². The highest BCUT2D eigenvalue weighted by Crippen LogP contribution is 2.20. The molecule has 0 aliphatic carbocycles. The van der Waals surface area contributed by atoms with Crippen LogP contribution in [0.4, 0.5) is 4.39 Å². The van der Waals surface area contributed by atoms with Crippen LogP contribution in [-0.4, -0.2) is 12.3 Å². The van der Waals surface area contributed by atoms with E-state index in [-0.39, 0.29) is 11.3 Å². The third-order valence-corrected chi connectivity index (χ3v) is 3.36. The number of hydrogen-bond acceptors (Lipinski definition) is 3. The zero-order valence-corrected chi connectivity index (χ0v) is 12.8. The normalized spacial score (nSPS) is 11.0. The third kappa shape index (κ3) is 4.26. The van der Waals surface area contributed by atoms with Crippen LogP contribution in [0.3, 0.4) is 0 Å². The van der Waals surface area contributed by atoms with Crippen molar-refractivity contribution in [3.05, 3.63) is 71.2 Å². The molecule has 0 fully saturated rings. The molecule has 0 aromatic heterocycles. The molecule has 5 heteroatoms. The van der Waals surface area contributed by atoms with Crippen LogP contribution in [0.25, 0.3) is 5.57 Å². The minimum atomic E-state index is -0.598. The summed E-state index contributed by atoms with van der Waals surface area (Å²) in [5.74, 6) is -0.786. The second kappa shape index (κ2) is 7.35. The van der Waals surface area contributed by atoms with Gasteiger partial charge in [-0.3, -0.25) is 14.9 Å². The molecule has 2 amide bonds. The highest BCUT2D eigenvalue weighted by atomic mass is 19.1. The standard InChI is InChI=1S/C18H16FNO3/c1-12-6-7-14(8-13(12)2)17(18(22)20-11-21)10-23-16-5-3-4-15(19)9-16/h3-11H,1-2H3,(H,20,21,22)/b17-10-. The van der Waals surface area contributed by atoms with Crippen molar-refractivity contribution in [1.82, 2.24) is 5.32 Å². The number of hydrogen-bond donors (Lipinski definition) is 1. The Bertz CT molecular complexity index is 769. The van der Waals surface area contributed by atoms with Gasteiger partial charge in [-0.2, -0.15) is 0 Å². The fraction of sp³-hybridized carbons (Fsp3) is 0.111. The first-order valence-electron chi connectivity index (χ1n) is 6.96. The van der Waals surface area contributed by atoms with Crippen LogP contribution in [0.2, 0.25) is 0 Å². The summed E-state index contributed by atoms with van der Waals surface area (Å²) in [6.45, 7) is 3.87. The molecule has 2 aromatic rings. The predicted molar refractivity (Wildman–Crippen MR) is 85.1 cm³/mol. The number of carbonyl (C=O) groups excluding carboxylic acids is 2. The number of benzene rings is 2. The van der Waals surface area contributed by atoms with E-state index in [1.807, 2.05) is 26.0 Å². The Morgan fingerprint density at radius 2 is 1.91 bits per heavy atom. The van der Waals surface area contributed by atoms with Crippen molar-refractivity contribution in [2.75, 3.05) is 0 Å².